The number of ether oxygens (including phenoxy) is 6. The minimum absolute atomic E-state index is 0.0336. The topological polar surface area (TPSA) is 209 Å². The number of amides is 2. The highest BCUT2D eigenvalue weighted by Crippen LogP contribution is 2.40. The van der Waals surface area contributed by atoms with Crippen LogP contribution in [0.3, 0.4) is 0 Å². The largest absolute Gasteiger partial charge is 0.459 e. The molecule has 19 heteroatoms. The Labute approximate surface area is 375 Å². The lowest BCUT2D eigenvalue weighted by atomic mass is 9.77. The average Bonchev–Trinajstić information content (AvgIpc) is 3.23. The fraction of sp³-hybridized carbons (Fsp3) is 0.822. The molecule has 6 N–H and O–H groups in total. The first-order valence-electron chi connectivity index (χ1n) is 22.3. The predicted molar refractivity (Wildman–Crippen MR) is 229 cm³/mol. The van der Waals surface area contributed by atoms with Crippen LogP contribution in [0.2, 0.25) is 0 Å². The van der Waals surface area contributed by atoms with Gasteiger partial charge in [0.15, 0.2) is 12.6 Å². The Morgan fingerprint density at radius 1 is 0.938 bits per heavy atom. The van der Waals surface area contributed by atoms with Crippen molar-refractivity contribution in [1.82, 2.24) is 10.2 Å². The normalized spacial score (nSPS) is 42.2. The van der Waals surface area contributed by atoms with E-state index in [4.69, 9.17) is 28.4 Å². The molecule has 368 valence electrons. The number of anilines is 1. The number of carbonyl (C=O) groups is 2. The molecule has 4 rings (SSSR count). The molecular formula is C45H74F3N3O13. The maximum Gasteiger partial charge on any atom is 0.416 e. The highest BCUT2D eigenvalue weighted by atomic mass is 19.4. The Morgan fingerprint density at radius 2 is 1.55 bits per heavy atom. The van der Waals surface area contributed by atoms with Gasteiger partial charge in [0.1, 0.15) is 30.0 Å². The molecule has 0 radical (unpaired) electrons. The zero-order valence-electron chi connectivity index (χ0n) is 39.5. The second-order valence-electron chi connectivity index (χ2n) is 19.2. The third-order valence-corrected chi connectivity index (χ3v) is 13.7. The van der Waals surface area contributed by atoms with E-state index >= 15 is 0 Å². The van der Waals surface area contributed by atoms with Crippen molar-refractivity contribution < 1.29 is 76.7 Å². The highest BCUT2D eigenvalue weighted by Gasteiger charge is 2.53. The molecule has 64 heavy (non-hydrogen) atoms. The Kier molecular flexibility index (Phi) is 17.8. The van der Waals surface area contributed by atoms with Crippen molar-refractivity contribution in [2.45, 2.75) is 191 Å². The third kappa shape index (κ3) is 12.1. The summed E-state index contributed by atoms with van der Waals surface area (Å²) in [7, 11) is 4.31. The Balaban J connectivity index is 1.76. The van der Waals surface area contributed by atoms with Gasteiger partial charge in [0.25, 0.3) is 0 Å². The van der Waals surface area contributed by atoms with Gasteiger partial charge in [-0.3, -0.25) is 9.69 Å². The first-order chi connectivity index (χ1) is 29.5. The average molecular weight is 922 g/mol. The quantitative estimate of drug-likeness (QED) is 0.202. The van der Waals surface area contributed by atoms with E-state index in [9.17, 15) is 48.3 Å². The van der Waals surface area contributed by atoms with Crippen LogP contribution in [0.15, 0.2) is 24.3 Å². The van der Waals surface area contributed by atoms with Gasteiger partial charge in [-0.1, -0.05) is 20.8 Å². The highest BCUT2D eigenvalue weighted by molar-refractivity contribution is 5.91. The molecule has 0 spiro atoms. The number of nitrogens with zero attached hydrogens (tertiary/aromatic N) is 2. The van der Waals surface area contributed by atoms with E-state index in [-0.39, 0.29) is 43.8 Å². The lowest BCUT2D eigenvalue weighted by Crippen LogP contribution is -2.61. The maximum absolute atomic E-state index is 14.3. The van der Waals surface area contributed by atoms with Crippen molar-refractivity contribution in [3.63, 3.8) is 0 Å². The molecule has 0 saturated carbocycles. The summed E-state index contributed by atoms with van der Waals surface area (Å²) in [5.74, 6) is -3.18. The fourth-order valence-corrected chi connectivity index (χ4v) is 9.60. The van der Waals surface area contributed by atoms with Crippen LogP contribution in [0.5, 0.6) is 0 Å². The summed E-state index contributed by atoms with van der Waals surface area (Å²) in [6.07, 6.45) is -15.6. The number of urea groups is 1. The molecule has 3 fully saturated rings. The SMILES string of the molecule is CC[C@H]1OC(=O)[C@H](C)[C@@H](O[C@H]2C[C@@](C)(OC)[C@H](O)[C@H](C)O2)[C@H](C)[C@@H](O[C@@H]2O[C@H](C)C[C@H](N(C)C(=O)N(C)c3ccc(C(F)(F)F)cc3)[C@H]2O)[C@](C)(O)C[C@@H](C)CN[C@H](C)[C@@H](O)[C@]1(C)O. The molecule has 0 unspecified atom stereocenters. The van der Waals surface area contributed by atoms with Gasteiger partial charge in [0, 0.05) is 45.3 Å². The lowest BCUT2D eigenvalue weighted by molar-refractivity contribution is -0.317. The summed E-state index contributed by atoms with van der Waals surface area (Å²) in [5, 5.41) is 62.0. The van der Waals surface area contributed by atoms with Crippen LogP contribution in [0.4, 0.5) is 23.7 Å². The first kappa shape index (κ1) is 53.9. The monoisotopic (exact) mass is 922 g/mol. The van der Waals surface area contributed by atoms with Gasteiger partial charge in [-0.2, -0.15) is 13.2 Å². The second-order valence-corrected chi connectivity index (χ2v) is 19.2. The summed E-state index contributed by atoms with van der Waals surface area (Å²) in [6, 6.07) is 1.85. The molecule has 3 saturated heterocycles. The van der Waals surface area contributed by atoms with Crippen molar-refractivity contribution in [3.05, 3.63) is 29.8 Å². The molecular weight excluding hydrogens is 847 g/mol. The smallest absolute Gasteiger partial charge is 0.416 e. The Hall–Kier alpha value is -2.69. The lowest BCUT2D eigenvalue weighted by Gasteiger charge is -2.49. The molecule has 3 aliphatic heterocycles. The molecule has 3 heterocycles. The van der Waals surface area contributed by atoms with E-state index < -0.39 is 126 Å². The van der Waals surface area contributed by atoms with Gasteiger partial charge in [0.2, 0.25) is 0 Å². The minimum Gasteiger partial charge on any atom is -0.459 e. The number of methoxy groups -OCH3 is 1. The van der Waals surface area contributed by atoms with Gasteiger partial charge >= 0.3 is 18.2 Å². The molecule has 2 amide bonds. The van der Waals surface area contributed by atoms with Gasteiger partial charge in [-0.05, 0) is 104 Å². The van der Waals surface area contributed by atoms with E-state index in [0.29, 0.717) is 0 Å². The summed E-state index contributed by atoms with van der Waals surface area (Å²) >= 11 is 0. The van der Waals surface area contributed by atoms with Crippen LogP contribution < -0.4 is 10.2 Å². The number of aliphatic hydroxyl groups is 5. The number of likely N-dealkylation sites (N-methyl/N-ethyl adjacent to an activating group) is 1. The number of carbonyl (C=O) groups excluding carboxylic acids is 2. The molecule has 3 aliphatic rings. The number of esters is 1. The Bertz CT molecular complexity index is 1690. The molecule has 16 nitrogen and oxygen atoms in total. The predicted octanol–water partition coefficient (Wildman–Crippen LogP) is 4.20. The fourth-order valence-electron chi connectivity index (χ4n) is 9.60. The van der Waals surface area contributed by atoms with E-state index in [2.05, 4.69) is 5.32 Å². The van der Waals surface area contributed by atoms with E-state index in [1.54, 1.807) is 55.4 Å². The van der Waals surface area contributed by atoms with Gasteiger partial charge in [-0.15, -0.1) is 0 Å². The van der Waals surface area contributed by atoms with Crippen LogP contribution in [0.1, 0.15) is 100 Å². The van der Waals surface area contributed by atoms with Gasteiger partial charge in [0.05, 0.1) is 53.1 Å². The van der Waals surface area contributed by atoms with Crippen LogP contribution in [-0.4, -0.2) is 160 Å². The number of hydrogen-bond acceptors (Lipinski definition) is 14. The van der Waals surface area contributed by atoms with Crippen molar-refractivity contribution in [2.75, 3.05) is 32.6 Å². The maximum atomic E-state index is 14.3. The Morgan fingerprint density at radius 3 is 2.11 bits per heavy atom. The van der Waals surface area contributed by atoms with Crippen molar-refractivity contribution >= 4 is 17.7 Å². The number of rotatable bonds is 8. The summed E-state index contributed by atoms with van der Waals surface area (Å²) in [6.45, 7) is 16.9. The summed E-state index contributed by atoms with van der Waals surface area (Å²) < 4.78 is 77.3. The number of aliphatic hydroxyl groups excluding tert-OH is 3. The van der Waals surface area contributed by atoms with Crippen LogP contribution in [0.25, 0.3) is 0 Å². The van der Waals surface area contributed by atoms with Crippen LogP contribution >= 0.6 is 0 Å². The number of halogens is 3. The van der Waals surface area contributed by atoms with E-state index in [1.807, 2.05) is 6.92 Å². The van der Waals surface area contributed by atoms with Crippen LogP contribution in [-0.2, 0) is 39.4 Å². The summed E-state index contributed by atoms with van der Waals surface area (Å²) in [5.41, 5.74) is -5.45. The molecule has 1 aromatic carbocycles. The number of hydrogen-bond donors (Lipinski definition) is 6. The zero-order chi connectivity index (χ0) is 48.4. The van der Waals surface area contributed by atoms with Crippen molar-refractivity contribution in [2.24, 2.45) is 17.8 Å². The molecule has 0 aromatic heterocycles. The first-order valence-corrected chi connectivity index (χ1v) is 22.3. The zero-order valence-corrected chi connectivity index (χ0v) is 39.5. The second kappa shape index (κ2) is 21.1. The van der Waals surface area contributed by atoms with E-state index in [1.165, 1.54) is 45.2 Å². The van der Waals surface area contributed by atoms with Gasteiger partial charge in [-0.25, -0.2) is 4.79 Å². The number of alkyl halides is 3. The number of nitrogens with one attached hydrogen (secondary N) is 1. The summed E-state index contributed by atoms with van der Waals surface area (Å²) in [4.78, 5) is 30.6. The molecule has 0 aliphatic carbocycles. The molecule has 18 atom stereocenters. The molecule has 0 bridgehead atoms. The van der Waals surface area contributed by atoms with Crippen molar-refractivity contribution in [1.29, 1.82) is 0 Å². The van der Waals surface area contributed by atoms with Crippen molar-refractivity contribution in [3.8, 4) is 0 Å². The van der Waals surface area contributed by atoms with Gasteiger partial charge < -0.3 is 64.2 Å². The minimum atomic E-state index is -4.56. The molecule has 1 aromatic rings. The standard InChI is InChI=1S/C45H74F3N3O13/c1-14-32-44(10,58)36(53)27(6)49-22-23(2)20-42(8,57)38(25(4)35(26(5)39(55)62-32)63-33-21-43(9,59-13)37(54)28(7)61-33)64-40-34(52)31(19-24(3)60-40)51(12)41(56)50(11)30-17-15-29(16-18-30)45(46,47)48/h15-18,23-28,31-38,40,49,52-54,57-58H,14,19-22H2,1-13H3/t23-,24-,25+,26-,27-,28+,31+,32-,33+,34-,35+,36-,37-,38-,40+,42-,43-,44-/m1/s1. The van der Waals surface area contributed by atoms with Crippen LogP contribution in [0, 0.1) is 17.8 Å². The van der Waals surface area contributed by atoms with E-state index in [0.717, 1.165) is 17.0 Å². The number of cyclic esters (lactones) is 1. The number of benzene rings is 1. The third-order valence-electron chi connectivity index (χ3n) is 13.7.